The van der Waals surface area contributed by atoms with E-state index in [0.717, 1.165) is 37.3 Å². The van der Waals surface area contributed by atoms with Gasteiger partial charge < -0.3 is 14.5 Å². The maximum Gasteiger partial charge on any atom is 0.328 e. The summed E-state index contributed by atoms with van der Waals surface area (Å²) in [5.41, 5.74) is 3.02. The van der Waals surface area contributed by atoms with E-state index in [4.69, 9.17) is 9.72 Å². The van der Waals surface area contributed by atoms with Gasteiger partial charge in [0.15, 0.2) is 5.78 Å². The van der Waals surface area contributed by atoms with Crippen molar-refractivity contribution in [3.63, 3.8) is 0 Å². The van der Waals surface area contributed by atoms with Crippen LogP contribution in [0.25, 0.3) is 11.3 Å². The fourth-order valence-electron chi connectivity index (χ4n) is 4.19. The lowest BCUT2D eigenvalue weighted by molar-refractivity contribution is 0.0992. The Hall–Kier alpha value is -4.17. The van der Waals surface area contributed by atoms with E-state index in [1.807, 2.05) is 73.7 Å². The summed E-state index contributed by atoms with van der Waals surface area (Å²) in [6, 6.07) is 23.1. The molecule has 0 radical (unpaired) electrons. The molecule has 2 aromatic carbocycles. The number of ketones is 1. The summed E-state index contributed by atoms with van der Waals surface area (Å²) in [7, 11) is 2.11. The number of nitrogens with zero attached hydrogens (tertiary/aromatic N) is 6. The minimum absolute atomic E-state index is 0.0151. The molecule has 0 saturated carbocycles. The van der Waals surface area contributed by atoms with Gasteiger partial charge in [-0.25, -0.2) is 4.98 Å². The third-order valence-corrected chi connectivity index (χ3v) is 6.35. The highest BCUT2D eigenvalue weighted by Gasteiger charge is 2.20. The van der Waals surface area contributed by atoms with E-state index in [1.54, 1.807) is 6.07 Å². The lowest BCUT2D eigenvalue weighted by Crippen LogP contribution is -2.45. The molecule has 8 heteroatoms. The number of carbonyl (C=O) groups is 1. The predicted octanol–water partition coefficient (Wildman–Crippen LogP) is 4.47. The second-order valence-corrected chi connectivity index (χ2v) is 9.11. The van der Waals surface area contributed by atoms with Crippen LogP contribution in [0.2, 0.25) is 0 Å². The molecule has 5 rings (SSSR count). The van der Waals surface area contributed by atoms with Gasteiger partial charge >= 0.3 is 6.01 Å². The number of anilines is 1. The van der Waals surface area contributed by atoms with Crippen LogP contribution in [-0.4, -0.2) is 63.8 Å². The highest BCUT2D eigenvalue weighted by Crippen LogP contribution is 2.26. The average Bonchev–Trinajstić information content (AvgIpc) is 2.94. The van der Waals surface area contributed by atoms with Gasteiger partial charge in [-0.15, -0.1) is 0 Å². The van der Waals surface area contributed by atoms with Gasteiger partial charge in [0, 0.05) is 56.2 Å². The number of aromatic nitrogens is 4. The Morgan fingerprint density at radius 3 is 2.27 bits per heavy atom. The molecule has 0 bridgehead atoms. The van der Waals surface area contributed by atoms with E-state index in [-0.39, 0.29) is 24.1 Å². The number of piperazine rings is 1. The van der Waals surface area contributed by atoms with Gasteiger partial charge in [0.25, 0.3) is 0 Å². The number of hydrogen-bond acceptors (Lipinski definition) is 8. The van der Waals surface area contributed by atoms with Crippen LogP contribution in [-0.2, 0) is 12.8 Å². The first-order valence-corrected chi connectivity index (χ1v) is 12.6. The molecular formula is C29H30N6O2. The summed E-state index contributed by atoms with van der Waals surface area (Å²) < 4.78 is 6.11. The first-order valence-electron chi connectivity index (χ1n) is 12.6. The smallest absolute Gasteiger partial charge is 0.328 e. The Morgan fingerprint density at radius 1 is 0.865 bits per heavy atom. The molecule has 1 aliphatic heterocycles. The van der Waals surface area contributed by atoms with E-state index < -0.39 is 0 Å². The molecular weight excluding hydrogens is 464 g/mol. The van der Waals surface area contributed by atoms with Crippen molar-refractivity contribution >= 4 is 11.7 Å². The molecule has 1 fully saturated rings. The number of rotatable bonds is 8. The summed E-state index contributed by atoms with van der Waals surface area (Å²) in [5.74, 6) is 1.52. The summed E-state index contributed by atoms with van der Waals surface area (Å²) >= 11 is 0. The zero-order valence-electron chi connectivity index (χ0n) is 21.2. The number of likely N-dealkylation sites (N-methyl/N-ethyl adjacent to an activating group) is 1. The molecule has 37 heavy (non-hydrogen) atoms. The number of aryl methyl sites for hydroxylation is 1. The largest absolute Gasteiger partial charge is 0.405 e. The van der Waals surface area contributed by atoms with Crippen molar-refractivity contribution in [3.8, 4) is 23.1 Å². The average molecular weight is 495 g/mol. The Morgan fingerprint density at radius 2 is 1.57 bits per heavy atom. The van der Waals surface area contributed by atoms with Crippen LogP contribution in [0.5, 0.6) is 11.9 Å². The summed E-state index contributed by atoms with van der Waals surface area (Å²) in [6.45, 7) is 5.56. The maximum atomic E-state index is 13.3. The van der Waals surface area contributed by atoms with Crippen LogP contribution in [0.4, 0.5) is 5.95 Å². The number of ether oxygens (including phenoxy) is 1. The molecule has 0 atom stereocenters. The van der Waals surface area contributed by atoms with Crippen LogP contribution in [0.3, 0.4) is 0 Å². The fraction of sp³-hybridized carbons (Fsp3) is 0.276. The lowest BCUT2D eigenvalue weighted by atomic mass is 10.0. The first-order chi connectivity index (χ1) is 18.1. The summed E-state index contributed by atoms with van der Waals surface area (Å²) in [6.07, 6.45) is 0.940. The number of hydrogen-bond donors (Lipinski definition) is 0. The Kier molecular flexibility index (Phi) is 7.46. The summed E-state index contributed by atoms with van der Waals surface area (Å²) in [5, 5.41) is 0. The molecule has 0 N–H and O–H groups in total. The van der Waals surface area contributed by atoms with Crippen molar-refractivity contribution in [2.75, 3.05) is 38.1 Å². The van der Waals surface area contributed by atoms with Gasteiger partial charge in [0.2, 0.25) is 11.8 Å². The third-order valence-electron chi connectivity index (χ3n) is 6.35. The Balaban J connectivity index is 1.48. The van der Waals surface area contributed by atoms with Gasteiger partial charge in [-0.2, -0.15) is 15.0 Å². The molecule has 0 unspecified atom stereocenters. The van der Waals surface area contributed by atoms with E-state index in [2.05, 4.69) is 31.8 Å². The monoisotopic (exact) mass is 494 g/mol. The van der Waals surface area contributed by atoms with Crippen LogP contribution < -0.4 is 9.64 Å². The van der Waals surface area contributed by atoms with Gasteiger partial charge in [-0.05, 0) is 18.7 Å². The fourth-order valence-corrected chi connectivity index (χ4v) is 4.19. The molecule has 8 nitrogen and oxygen atoms in total. The zero-order chi connectivity index (χ0) is 25.6. The van der Waals surface area contributed by atoms with Crippen LogP contribution in [0, 0.1) is 0 Å². The second kappa shape index (κ2) is 11.3. The maximum absolute atomic E-state index is 13.3. The molecule has 2 aromatic heterocycles. The minimum Gasteiger partial charge on any atom is -0.405 e. The zero-order valence-corrected chi connectivity index (χ0v) is 21.2. The van der Waals surface area contributed by atoms with Gasteiger partial charge in [0.1, 0.15) is 5.82 Å². The minimum atomic E-state index is -0.0151. The first kappa shape index (κ1) is 24.5. The number of carbonyl (C=O) groups excluding carboxylic acids is 1. The van der Waals surface area contributed by atoms with Crippen LogP contribution in [0.15, 0.2) is 72.8 Å². The van der Waals surface area contributed by atoms with Crippen molar-refractivity contribution in [1.82, 2.24) is 24.8 Å². The predicted molar refractivity (Wildman–Crippen MR) is 143 cm³/mol. The third kappa shape index (κ3) is 6.16. The van der Waals surface area contributed by atoms with Crippen LogP contribution in [0.1, 0.15) is 28.7 Å². The molecule has 188 valence electrons. The Labute approximate surface area is 217 Å². The van der Waals surface area contributed by atoms with E-state index in [0.29, 0.717) is 29.5 Å². The number of Topliss-reactive ketones (excluding diaryl/α,β-unsaturated/α-hetero) is 1. The highest BCUT2D eigenvalue weighted by molar-refractivity contribution is 5.98. The van der Waals surface area contributed by atoms with Crippen molar-refractivity contribution in [3.05, 3.63) is 89.7 Å². The lowest BCUT2D eigenvalue weighted by Gasteiger charge is -2.32. The highest BCUT2D eigenvalue weighted by atomic mass is 16.5. The van der Waals surface area contributed by atoms with Crippen molar-refractivity contribution in [2.45, 2.75) is 19.8 Å². The topological polar surface area (TPSA) is 84.3 Å². The van der Waals surface area contributed by atoms with Crippen molar-refractivity contribution in [2.24, 2.45) is 0 Å². The summed E-state index contributed by atoms with van der Waals surface area (Å²) in [4.78, 5) is 36.1. The molecule has 1 aliphatic rings. The molecule has 4 aromatic rings. The van der Waals surface area contributed by atoms with Crippen molar-refractivity contribution in [1.29, 1.82) is 0 Å². The van der Waals surface area contributed by atoms with E-state index >= 15 is 0 Å². The number of pyridine rings is 1. The standard InChI is InChI=1S/C29H30N6O2/c1-3-26-31-28(35-16-14-34(2)15-17-35)33-29(32-26)37-27-20-23(25(36)18-21-10-6-4-7-11-21)19-24(30-27)22-12-8-5-9-13-22/h4-13,19-20H,3,14-18H2,1-2H3. The van der Waals surface area contributed by atoms with E-state index in [1.165, 1.54) is 0 Å². The van der Waals surface area contributed by atoms with Crippen molar-refractivity contribution < 1.29 is 9.53 Å². The Bertz CT molecular complexity index is 1360. The molecule has 0 amide bonds. The molecule has 0 aliphatic carbocycles. The van der Waals surface area contributed by atoms with Gasteiger partial charge in [-0.1, -0.05) is 67.6 Å². The molecule has 1 saturated heterocycles. The van der Waals surface area contributed by atoms with E-state index in [9.17, 15) is 4.79 Å². The molecule has 0 spiro atoms. The number of benzene rings is 2. The SMILES string of the molecule is CCc1nc(Oc2cc(C(=O)Cc3ccccc3)cc(-c3ccccc3)n2)nc(N2CCN(C)CC2)n1. The van der Waals surface area contributed by atoms with Crippen LogP contribution >= 0.6 is 0 Å². The normalized spacial score (nSPS) is 13.9. The van der Waals surface area contributed by atoms with Gasteiger partial charge in [-0.3, -0.25) is 4.79 Å². The second-order valence-electron chi connectivity index (χ2n) is 9.11. The molecule has 3 heterocycles. The quantitative estimate of drug-likeness (QED) is 0.332. The van der Waals surface area contributed by atoms with Gasteiger partial charge in [0.05, 0.1) is 5.69 Å².